The standard InChI is InChI=1S/C28H26N2O2/c1-2-26(32)30-24-16-10-9-15-22(24)29-23-17-21(19-11-5-3-6-12-19)18-25(31)27(23)28(30)20-13-7-4-8-14-20/h3-16,21,27-28H,2,17-18H2,1H3/t21-,27?,28+/m1/s1. The van der Waals surface area contributed by atoms with Crippen molar-refractivity contribution in [3.05, 3.63) is 96.1 Å². The summed E-state index contributed by atoms with van der Waals surface area (Å²) in [4.78, 5) is 33.9. The maximum atomic E-state index is 13.7. The quantitative estimate of drug-likeness (QED) is 0.518. The molecule has 0 saturated heterocycles. The lowest BCUT2D eigenvalue weighted by Crippen LogP contribution is -2.45. The number of ketones is 1. The van der Waals surface area contributed by atoms with Gasteiger partial charge in [0.05, 0.1) is 23.3 Å². The maximum absolute atomic E-state index is 13.7. The van der Waals surface area contributed by atoms with Crippen LogP contribution in [0.5, 0.6) is 0 Å². The number of amides is 1. The SMILES string of the molecule is CCC(=O)N1c2ccccc2N=C2C[C@@H](c3ccccc3)CC(=O)C2[C@@H]1c1ccccc1. The molecule has 5 rings (SSSR count). The molecular weight excluding hydrogens is 396 g/mol. The van der Waals surface area contributed by atoms with Gasteiger partial charge in [-0.3, -0.25) is 14.6 Å². The molecule has 2 aliphatic rings. The van der Waals surface area contributed by atoms with Gasteiger partial charge in [-0.15, -0.1) is 0 Å². The molecule has 32 heavy (non-hydrogen) atoms. The van der Waals surface area contributed by atoms with Crippen LogP contribution in [0.3, 0.4) is 0 Å². The number of benzene rings is 3. The summed E-state index contributed by atoms with van der Waals surface area (Å²) in [6.45, 7) is 1.87. The van der Waals surface area contributed by atoms with Gasteiger partial charge >= 0.3 is 0 Å². The Balaban J connectivity index is 1.69. The summed E-state index contributed by atoms with van der Waals surface area (Å²) < 4.78 is 0. The summed E-state index contributed by atoms with van der Waals surface area (Å²) >= 11 is 0. The van der Waals surface area contributed by atoms with E-state index in [2.05, 4.69) is 12.1 Å². The molecule has 3 aromatic carbocycles. The number of carbonyl (C=O) groups excluding carboxylic acids is 2. The molecule has 1 unspecified atom stereocenters. The molecule has 1 aliphatic carbocycles. The first-order valence-corrected chi connectivity index (χ1v) is 11.3. The van der Waals surface area contributed by atoms with Crippen LogP contribution >= 0.6 is 0 Å². The Bertz CT molecular complexity index is 1170. The Labute approximate surface area is 188 Å². The Hall–Kier alpha value is -3.53. The number of rotatable bonds is 3. The van der Waals surface area contributed by atoms with E-state index in [0.29, 0.717) is 19.3 Å². The summed E-state index contributed by atoms with van der Waals surface area (Å²) in [6.07, 6.45) is 1.54. The number of nitrogens with zero attached hydrogens (tertiary/aromatic N) is 2. The van der Waals surface area contributed by atoms with E-state index >= 15 is 0 Å². The minimum atomic E-state index is -0.444. The Morgan fingerprint density at radius 2 is 1.50 bits per heavy atom. The van der Waals surface area contributed by atoms with Crippen molar-refractivity contribution < 1.29 is 9.59 Å². The topological polar surface area (TPSA) is 49.7 Å². The van der Waals surface area contributed by atoms with Gasteiger partial charge in [-0.05, 0) is 35.6 Å². The van der Waals surface area contributed by atoms with Crippen molar-refractivity contribution in [2.24, 2.45) is 10.9 Å². The van der Waals surface area contributed by atoms with Gasteiger partial charge in [0.25, 0.3) is 0 Å². The molecule has 0 spiro atoms. The maximum Gasteiger partial charge on any atom is 0.227 e. The molecule has 160 valence electrons. The van der Waals surface area contributed by atoms with Gasteiger partial charge in [-0.2, -0.15) is 0 Å². The van der Waals surface area contributed by atoms with E-state index in [9.17, 15) is 9.59 Å². The number of aliphatic imine (C=N–C) groups is 1. The summed E-state index contributed by atoms with van der Waals surface area (Å²) in [5.41, 5.74) is 4.55. The number of carbonyl (C=O) groups is 2. The molecule has 0 bridgehead atoms. The first-order valence-electron chi connectivity index (χ1n) is 11.3. The van der Waals surface area contributed by atoms with E-state index in [1.807, 2.05) is 84.6 Å². The van der Waals surface area contributed by atoms with E-state index in [4.69, 9.17) is 4.99 Å². The minimum Gasteiger partial charge on any atom is -0.302 e. The number of fused-ring (bicyclic) bond motifs is 2. The lowest BCUT2D eigenvalue weighted by Gasteiger charge is -2.38. The highest BCUT2D eigenvalue weighted by molar-refractivity contribution is 6.13. The number of hydrogen-bond donors (Lipinski definition) is 0. The van der Waals surface area contributed by atoms with Gasteiger partial charge in [-0.1, -0.05) is 79.7 Å². The number of hydrogen-bond acceptors (Lipinski definition) is 3. The van der Waals surface area contributed by atoms with Crippen LogP contribution in [0, 0.1) is 5.92 Å². The Morgan fingerprint density at radius 3 is 2.19 bits per heavy atom. The number of para-hydroxylation sites is 2. The monoisotopic (exact) mass is 422 g/mol. The third-order valence-electron chi connectivity index (χ3n) is 6.59. The van der Waals surface area contributed by atoms with Crippen molar-refractivity contribution in [3.63, 3.8) is 0 Å². The Morgan fingerprint density at radius 1 is 0.875 bits per heavy atom. The summed E-state index contributed by atoms with van der Waals surface area (Å²) in [5.74, 6) is -0.184. The van der Waals surface area contributed by atoms with Crippen molar-refractivity contribution in [2.75, 3.05) is 4.90 Å². The largest absolute Gasteiger partial charge is 0.302 e. The van der Waals surface area contributed by atoms with Crippen LogP contribution in [-0.2, 0) is 9.59 Å². The molecule has 3 aromatic rings. The average molecular weight is 423 g/mol. The van der Waals surface area contributed by atoms with Gasteiger partial charge in [0.2, 0.25) is 5.91 Å². The van der Waals surface area contributed by atoms with Crippen LogP contribution in [0.2, 0.25) is 0 Å². The van der Waals surface area contributed by atoms with E-state index in [1.165, 1.54) is 0 Å². The third-order valence-corrected chi connectivity index (χ3v) is 6.59. The second kappa shape index (κ2) is 8.54. The van der Waals surface area contributed by atoms with Crippen LogP contribution in [0.25, 0.3) is 0 Å². The van der Waals surface area contributed by atoms with Crippen molar-refractivity contribution in [3.8, 4) is 0 Å². The molecule has 1 saturated carbocycles. The zero-order valence-corrected chi connectivity index (χ0v) is 18.1. The lowest BCUT2D eigenvalue weighted by atomic mass is 9.72. The number of anilines is 1. The van der Waals surface area contributed by atoms with Crippen molar-refractivity contribution >= 4 is 28.8 Å². The molecule has 1 aliphatic heterocycles. The predicted octanol–water partition coefficient (Wildman–Crippen LogP) is 6.02. The van der Waals surface area contributed by atoms with Crippen LogP contribution in [-0.4, -0.2) is 17.4 Å². The zero-order chi connectivity index (χ0) is 22.1. The molecule has 3 atom stereocenters. The highest BCUT2D eigenvalue weighted by atomic mass is 16.2. The average Bonchev–Trinajstić information content (AvgIpc) is 2.99. The highest BCUT2D eigenvalue weighted by Gasteiger charge is 2.45. The third kappa shape index (κ3) is 3.56. The van der Waals surface area contributed by atoms with Crippen molar-refractivity contribution in [1.82, 2.24) is 0 Å². The van der Waals surface area contributed by atoms with Crippen LogP contribution in [0.1, 0.15) is 49.3 Å². The van der Waals surface area contributed by atoms with Gasteiger partial charge < -0.3 is 4.90 Å². The van der Waals surface area contributed by atoms with Crippen molar-refractivity contribution in [1.29, 1.82) is 0 Å². The molecule has 1 amide bonds. The first-order chi connectivity index (χ1) is 15.7. The van der Waals surface area contributed by atoms with Gasteiger partial charge in [0.1, 0.15) is 5.78 Å². The molecular formula is C28H26N2O2. The fourth-order valence-electron chi connectivity index (χ4n) is 5.11. The van der Waals surface area contributed by atoms with Gasteiger partial charge in [-0.25, -0.2) is 0 Å². The normalized spacial score (nSPS) is 22.4. The summed E-state index contributed by atoms with van der Waals surface area (Å²) in [7, 11) is 0. The first kappa shape index (κ1) is 20.4. The fraction of sp³-hybridized carbons (Fsp3) is 0.250. The molecule has 4 heteroatoms. The Kier molecular flexibility index (Phi) is 5.44. The smallest absolute Gasteiger partial charge is 0.227 e. The number of Topliss-reactive ketones (excluding diaryl/α,β-unsaturated/α-hetero) is 1. The van der Waals surface area contributed by atoms with Gasteiger partial charge in [0.15, 0.2) is 0 Å². The van der Waals surface area contributed by atoms with Crippen molar-refractivity contribution in [2.45, 2.75) is 38.1 Å². The van der Waals surface area contributed by atoms with E-state index < -0.39 is 12.0 Å². The molecule has 0 aromatic heterocycles. The van der Waals surface area contributed by atoms with E-state index in [0.717, 1.165) is 28.2 Å². The van der Waals surface area contributed by atoms with Crippen LogP contribution < -0.4 is 4.90 Å². The molecule has 1 fully saturated rings. The van der Waals surface area contributed by atoms with Gasteiger partial charge in [0, 0.05) is 18.6 Å². The second-order valence-electron chi connectivity index (χ2n) is 8.52. The fourth-order valence-corrected chi connectivity index (χ4v) is 5.11. The van der Waals surface area contributed by atoms with E-state index in [-0.39, 0.29) is 17.6 Å². The molecule has 1 heterocycles. The summed E-state index contributed by atoms with van der Waals surface area (Å²) in [6, 6.07) is 27.5. The zero-order valence-electron chi connectivity index (χ0n) is 18.1. The summed E-state index contributed by atoms with van der Waals surface area (Å²) in [5, 5.41) is 0. The second-order valence-corrected chi connectivity index (χ2v) is 8.52. The predicted molar refractivity (Wildman–Crippen MR) is 127 cm³/mol. The highest BCUT2D eigenvalue weighted by Crippen LogP contribution is 2.47. The van der Waals surface area contributed by atoms with Crippen LogP contribution in [0.4, 0.5) is 11.4 Å². The minimum absolute atomic E-state index is 0.000681. The van der Waals surface area contributed by atoms with E-state index in [1.54, 1.807) is 0 Å². The molecule has 0 N–H and O–H groups in total. The molecule has 0 radical (unpaired) electrons. The van der Waals surface area contributed by atoms with Crippen LogP contribution in [0.15, 0.2) is 89.9 Å². The lowest BCUT2D eigenvalue weighted by molar-refractivity contribution is -0.123. The molecule has 4 nitrogen and oxygen atoms in total.